The molecule has 2 rings (SSSR count). The topological polar surface area (TPSA) is 71.9 Å². The van der Waals surface area contributed by atoms with Crippen LogP contribution in [-0.4, -0.2) is 16.0 Å². The fourth-order valence-corrected chi connectivity index (χ4v) is 1.74. The summed E-state index contributed by atoms with van der Waals surface area (Å²) in [4.78, 5) is 0. The molecule has 0 aliphatic heterocycles. The van der Waals surface area contributed by atoms with Crippen molar-refractivity contribution in [2.24, 2.45) is 0 Å². The maximum absolute atomic E-state index is 12.7. The van der Waals surface area contributed by atoms with Gasteiger partial charge in [0, 0.05) is 0 Å². The fourth-order valence-electron chi connectivity index (χ4n) is 1.30. The molecule has 0 saturated carbocycles. The van der Waals surface area contributed by atoms with Crippen molar-refractivity contribution in [3.05, 3.63) is 36.0 Å². The highest BCUT2D eigenvalue weighted by Gasteiger charge is 2.15. The van der Waals surface area contributed by atoms with Crippen molar-refractivity contribution in [1.29, 1.82) is 5.26 Å². The first-order valence-electron chi connectivity index (χ1n) is 5.44. The second-order valence-electron chi connectivity index (χ2n) is 3.57. The lowest BCUT2D eigenvalue weighted by Crippen LogP contribution is -2.03. The smallest absolute Gasteiger partial charge is 0.277 e. The molecular weight excluding hydrogens is 269 g/mol. The summed E-state index contributed by atoms with van der Waals surface area (Å²) >= 11 is 1.16. The molecule has 5 nitrogen and oxygen atoms in total. The Bertz CT molecular complexity index is 579. The lowest BCUT2D eigenvalue weighted by atomic mass is 10.3. The normalized spacial score (nSPS) is 11.8. The zero-order valence-corrected chi connectivity index (χ0v) is 10.9. The van der Waals surface area contributed by atoms with E-state index in [1.165, 1.54) is 24.3 Å². The Morgan fingerprint density at radius 1 is 1.42 bits per heavy atom. The standard InChI is InChI=1S/C12H10FN3O2S/c1-8(17-10-4-2-9(13)3-5-10)11-15-16-12(18-11)19-7-6-14/h2-5,8H,7H2,1H3/t8-/m0/s1. The van der Waals surface area contributed by atoms with Gasteiger partial charge in [-0.15, -0.1) is 10.2 Å². The van der Waals surface area contributed by atoms with E-state index in [0.29, 0.717) is 16.9 Å². The molecule has 7 heteroatoms. The molecule has 0 N–H and O–H groups in total. The zero-order chi connectivity index (χ0) is 13.7. The Labute approximate surface area is 113 Å². The molecule has 0 aliphatic rings. The molecule has 98 valence electrons. The Morgan fingerprint density at radius 3 is 2.84 bits per heavy atom. The maximum Gasteiger partial charge on any atom is 0.277 e. The van der Waals surface area contributed by atoms with Gasteiger partial charge in [0.25, 0.3) is 11.1 Å². The summed E-state index contributed by atoms with van der Waals surface area (Å²) in [6.07, 6.45) is -0.450. The third-order valence-corrected chi connectivity index (χ3v) is 2.84. The van der Waals surface area contributed by atoms with Crippen molar-refractivity contribution in [1.82, 2.24) is 10.2 Å². The minimum atomic E-state index is -0.450. The molecule has 0 fully saturated rings. The molecular formula is C12H10FN3O2S. The molecule has 0 bridgehead atoms. The minimum absolute atomic E-state index is 0.245. The molecule has 1 heterocycles. The lowest BCUT2D eigenvalue weighted by Gasteiger charge is -2.10. The average Bonchev–Trinajstić information content (AvgIpc) is 2.88. The molecule has 0 radical (unpaired) electrons. The number of ether oxygens (including phenoxy) is 1. The summed E-state index contributed by atoms with van der Waals surface area (Å²) in [5.74, 6) is 0.741. The van der Waals surface area contributed by atoms with E-state index in [9.17, 15) is 4.39 Å². The van der Waals surface area contributed by atoms with Crippen LogP contribution in [0.15, 0.2) is 33.9 Å². The number of nitrogens with zero attached hydrogens (tertiary/aromatic N) is 3. The van der Waals surface area contributed by atoms with Crippen LogP contribution in [0.3, 0.4) is 0 Å². The van der Waals surface area contributed by atoms with Crippen molar-refractivity contribution in [3.8, 4) is 11.8 Å². The summed E-state index contributed by atoms with van der Waals surface area (Å²) in [6, 6.07) is 7.63. The second-order valence-corrected chi connectivity index (χ2v) is 4.49. The average molecular weight is 279 g/mol. The molecule has 0 aliphatic carbocycles. The van der Waals surface area contributed by atoms with Gasteiger partial charge in [-0.1, -0.05) is 11.8 Å². The molecule has 19 heavy (non-hydrogen) atoms. The highest BCUT2D eigenvalue weighted by Crippen LogP contribution is 2.23. The molecule has 1 aromatic carbocycles. The largest absolute Gasteiger partial charge is 0.481 e. The third kappa shape index (κ3) is 3.69. The van der Waals surface area contributed by atoms with E-state index in [0.717, 1.165) is 11.8 Å². The van der Waals surface area contributed by atoms with E-state index in [2.05, 4.69) is 10.2 Å². The van der Waals surface area contributed by atoms with Gasteiger partial charge in [-0.3, -0.25) is 0 Å². The Balaban J connectivity index is 1.99. The van der Waals surface area contributed by atoms with Crippen LogP contribution in [0, 0.1) is 17.1 Å². The van der Waals surface area contributed by atoms with Crippen LogP contribution in [0.25, 0.3) is 0 Å². The first-order valence-corrected chi connectivity index (χ1v) is 6.43. The van der Waals surface area contributed by atoms with Gasteiger partial charge >= 0.3 is 0 Å². The van der Waals surface area contributed by atoms with Crippen LogP contribution >= 0.6 is 11.8 Å². The van der Waals surface area contributed by atoms with Crippen molar-refractivity contribution in [2.75, 3.05) is 5.75 Å². The van der Waals surface area contributed by atoms with Gasteiger partial charge < -0.3 is 9.15 Å². The molecule has 0 unspecified atom stereocenters. The Morgan fingerprint density at radius 2 is 2.16 bits per heavy atom. The van der Waals surface area contributed by atoms with Gasteiger partial charge in [-0.05, 0) is 31.2 Å². The van der Waals surface area contributed by atoms with Crippen molar-refractivity contribution < 1.29 is 13.5 Å². The molecule has 0 saturated heterocycles. The number of rotatable bonds is 5. The molecule has 1 aromatic heterocycles. The first-order chi connectivity index (χ1) is 9.19. The fraction of sp³-hybridized carbons (Fsp3) is 0.250. The predicted octanol–water partition coefficient (Wildman–Crippen LogP) is 2.96. The van der Waals surface area contributed by atoms with Gasteiger partial charge in [-0.2, -0.15) is 5.26 Å². The predicted molar refractivity (Wildman–Crippen MR) is 66.1 cm³/mol. The van der Waals surface area contributed by atoms with Crippen molar-refractivity contribution in [2.45, 2.75) is 18.3 Å². The minimum Gasteiger partial charge on any atom is -0.481 e. The molecule has 0 amide bonds. The molecule has 2 aromatic rings. The summed E-state index contributed by atoms with van der Waals surface area (Å²) < 4.78 is 23.6. The number of aromatic nitrogens is 2. The van der Waals surface area contributed by atoms with Crippen molar-refractivity contribution >= 4 is 11.8 Å². The highest BCUT2D eigenvalue weighted by molar-refractivity contribution is 7.99. The van der Waals surface area contributed by atoms with Gasteiger partial charge in [0.05, 0.1) is 11.8 Å². The molecule has 0 spiro atoms. The lowest BCUT2D eigenvalue weighted by molar-refractivity contribution is 0.181. The van der Waals surface area contributed by atoms with Crippen LogP contribution in [-0.2, 0) is 0 Å². The van der Waals surface area contributed by atoms with Crippen LogP contribution in [0.1, 0.15) is 18.9 Å². The van der Waals surface area contributed by atoms with E-state index in [1.54, 1.807) is 6.92 Å². The van der Waals surface area contributed by atoms with Crippen LogP contribution in [0.4, 0.5) is 4.39 Å². The number of benzene rings is 1. The zero-order valence-electron chi connectivity index (χ0n) is 10.0. The van der Waals surface area contributed by atoms with E-state index in [1.807, 2.05) is 6.07 Å². The maximum atomic E-state index is 12.7. The second kappa shape index (κ2) is 6.20. The number of nitriles is 1. The van der Waals surface area contributed by atoms with E-state index in [-0.39, 0.29) is 11.6 Å². The van der Waals surface area contributed by atoms with E-state index in [4.69, 9.17) is 14.4 Å². The first kappa shape index (κ1) is 13.4. The van der Waals surface area contributed by atoms with Gasteiger partial charge in [0.2, 0.25) is 0 Å². The SMILES string of the molecule is C[C@H](Oc1ccc(F)cc1)c1nnc(SCC#N)o1. The van der Waals surface area contributed by atoms with E-state index < -0.39 is 6.10 Å². The van der Waals surface area contributed by atoms with Gasteiger partial charge in [0.15, 0.2) is 6.10 Å². The number of thioether (sulfide) groups is 1. The van der Waals surface area contributed by atoms with Crippen molar-refractivity contribution in [3.63, 3.8) is 0 Å². The number of hydrogen-bond acceptors (Lipinski definition) is 6. The third-order valence-electron chi connectivity index (χ3n) is 2.16. The molecule has 1 atom stereocenters. The van der Waals surface area contributed by atoms with Crippen LogP contribution < -0.4 is 4.74 Å². The summed E-state index contributed by atoms with van der Waals surface area (Å²) in [7, 11) is 0. The van der Waals surface area contributed by atoms with Gasteiger partial charge in [-0.25, -0.2) is 4.39 Å². The summed E-state index contributed by atoms with van der Waals surface area (Å²) in [5, 5.41) is 16.4. The monoisotopic (exact) mass is 279 g/mol. The van der Waals surface area contributed by atoms with Crippen LogP contribution in [0.2, 0.25) is 0 Å². The van der Waals surface area contributed by atoms with E-state index >= 15 is 0 Å². The highest BCUT2D eigenvalue weighted by atomic mass is 32.2. The number of hydrogen-bond donors (Lipinski definition) is 0. The Hall–Kier alpha value is -2.07. The summed E-state index contributed by atoms with van der Waals surface area (Å²) in [6.45, 7) is 1.75. The Kier molecular flexibility index (Phi) is 4.36. The van der Waals surface area contributed by atoms with Gasteiger partial charge in [0.1, 0.15) is 11.6 Å². The summed E-state index contributed by atoms with van der Waals surface area (Å²) in [5.41, 5.74) is 0. The quantitative estimate of drug-likeness (QED) is 0.783. The number of halogens is 1. The van der Waals surface area contributed by atoms with Crippen LogP contribution in [0.5, 0.6) is 5.75 Å².